The van der Waals surface area contributed by atoms with E-state index in [1.165, 1.54) is 4.88 Å². The number of ether oxygens (including phenoxy) is 1. The first kappa shape index (κ1) is 17.0. The normalized spacial score (nSPS) is 20.3. The minimum Gasteiger partial charge on any atom is -0.452 e. The van der Waals surface area contributed by atoms with E-state index in [2.05, 4.69) is 0 Å². The molecule has 7 heteroatoms. The van der Waals surface area contributed by atoms with Gasteiger partial charge in [0.05, 0.1) is 11.5 Å². The third-order valence-corrected chi connectivity index (χ3v) is 5.87. The number of aryl methyl sites for hydroxylation is 1. The van der Waals surface area contributed by atoms with E-state index < -0.39 is 5.97 Å². The fourth-order valence-corrected chi connectivity index (χ4v) is 4.51. The second kappa shape index (κ2) is 7.34. The third-order valence-electron chi connectivity index (χ3n) is 4.78. The fourth-order valence-electron chi connectivity index (χ4n) is 3.40. The summed E-state index contributed by atoms with van der Waals surface area (Å²) in [4.78, 5) is 38.6. The molecule has 1 saturated heterocycles. The van der Waals surface area contributed by atoms with Gasteiger partial charge < -0.3 is 15.4 Å². The molecule has 130 valence electrons. The van der Waals surface area contributed by atoms with Crippen LogP contribution in [0.3, 0.4) is 0 Å². The van der Waals surface area contributed by atoms with Crippen molar-refractivity contribution >= 4 is 29.1 Å². The Labute approximate surface area is 145 Å². The number of piperidine rings is 1. The number of fused-ring (bicyclic) bond motifs is 1. The summed E-state index contributed by atoms with van der Waals surface area (Å²) in [7, 11) is 0. The highest BCUT2D eigenvalue weighted by molar-refractivity contribution is 7.10. The fraction of sp³-hybridized carbons (Fsp3) is 0.588. The number of likely N-dealkylation sites (tertiary alicyclic amines) is 1. The lowest BCUT2D eigenvalue weighted by Crippen LogP contribution is -2.45. The zero-order valence-corrected chi connectivity index (χ0v) is 14.4. The number of amides is 2. The number of carbonyl (C=O) groups excluding carboxylic acids is 3. The molecule has 0 bridgehead atoms. The molecule has 3 rings (SSSR count). The van der Waals surface area contributed by atoms with Crippen LogP contribution in [0.15, 0.2) is 5.38 Å². The van der Waals surface area contributed by atoms with Crippen LogP contribution >= 0.6 is 11.3 Å². The number of thiophene rings is 1. The molecule has 2 amide bonds. The van der Waals surface area contributed by atoms with E-state index >= 15 is 0 Å². The Hall–Kier alpha value is -1.89. The van der Waals surface area contributed by atoms with Crippen LogP contribution in [0, 0.1) is 5.92 Å². The molecule has 2 heterocycles. The minimum atomic E-state index is -0.425. The molecule has 0 spiro atoms. The van der Waals surface area contributed by atoms with Gasteiger partial charge in [0.2, 0.25) is 5.91 Å². The van der Waals surface area contributed by atoms with Crippen LogP contribution in [0.5, 0.6) is 0 Å². The molecule has 0 radical (unpaired) electrons. The number of hydrogen-bond acceptors (Lipinski definition) is 5. The van der Waals surface area contributed by atoms with Crippen LogP contribution in [-0.4, -0.2) is 42.4 Å². The van der Waals surface area contributed by atoms with Gasteiger partial charge in [0.15, 0.2) is 6.61 Å². The van der Waals surface area contributed by atoms with Crippen molar-refractivity contribution in [3.8, 4) is 0 Å². The topological polar surface area (TPSA) is 89.7 Å². The van der Waals surface area contributed by atoms with Gasteiger partial charge in [-0.3, -0.25) is 9.59 Å². The van der Waals surface area contributed by atoms with Crippen LogP contribution in [0.25, 0.3) is 0 Å². The number of nitrogens with zero attached hydrogens (tertiary/aromatic N) is 1. The van der Waals surface area contributed by atoms with Gasteiger partial charge in [-0.2, -0.15) is 0 Å². The number of primary amides is 1. The summed E-state index contributed by atoms with van der Waals surface area (Å²) < 4.78 is 5.22. The van der Waals surface area contributed by atoms with E-state index in [9.17, 15) is 14.4 Å². The van der Waals surface area contributed by atoms with Gasteiger partial charge in [0.25, 0.3) is 5.91 Å². The first-order valence-corrected chi connectivity index (χ1v) is 9.27. The Bertz CT molecular complexity index is 655. The summed E-state index contributed by atoms with van der Waals surface area (Å²) in [6.45, 7) is 0.614. The molecule has 1 aromatic rings. The minimum absolute atomic E-state index is 0.265. The molecule has 0 unspecified atom stereocenters. The second-order valence-corrected chi connectivity index (χ2v) is 7.38. The van der Waals surface area contributed by atoms with E-state index in [0.29, 0.717) is 25.1 Å². The molecule has 6 nitrogen and oxygen atoms in total. The van der Waals surface area contributed by atoms with E-state index in [-0.39, 0.29) is 24.3 Å². The standard InChI is InChI=1S/C17H22N2O4S/c18-16(21)11-4-3-7-19(8-11)15(20)9-23-17(22)13-10-24-14-6-2-1-5-12(13)14/h10-11H,1-9H2,(H2,18,21)/t11-/m0/s1. The molecule has 1 aromatic heterocycles. The molecule has 2 N–H and O–H groups in total. The monoisotopic (exact) mass is 350 g/mol. The summed E-state index contributed by atoms with van der Waals surface area (Å²) in [5.41, 5.74) is 7.02. The first-order chi connectivity index (χ1) is 11.6. The SMILES string of the molecule is NC(=O)[C@H]1CCCN(C(=O)COC(=O)c2csc3c2CCCC3)C1. The number of hydrogen-bond donors (Lipinski definition) is 1. The molecule has 1 atom stereocenters. The van der Waals surface area contributed by atoms with Crippen LogP contribution < -0.4 is 5.73 Å². The van der Waals surface area contributed by atoms with Crippen molar-refractivity contribution in [2.45, 2.75) is 38.5 Å². The average molecular weight is 350 g/mol. The third kappa shape index (κ3) is 3.61. The molecule has 1 fully saturated rings. The Balaban J connectivity index is 1.55. The zero-order chi connectivity index (χ0) is 17.1. The van der Waals surface area contributed by atoms with E-state index in [1.807, 2.05) is 5.38 Å². The molecule has 0 saturated carbocycles. The van der Waals surface area contributed by atoms with E-state index in [0.717, 1.165) is 37.7 Å². The zero-order valence-electron chi connectivity index (χ0n) is 13.6. The van der Waals surface area contributed by atoms with Gasteiger partial charge in [0, 0.05) is 23.3 Å². The molecule has 0 aromatic carbocycles. The summed E-state index contributed by atoms with van der Waals surface area (Å²) in [5, 5.41) is 1.84. The Kier molecular flexibility index (Phi) is 5.18. The predicted octanol–water partition coefficient (Wildman–Crippen LogP) is 1.51. The van der Waals surface area contributed by atoms with E-state index in [1.54, 1.807) is 16.2 Å². The predicted molar refractivity (Wildman–Crippen MR) is 89.7 cm³/mol. The Morgan fingerprint density at radius 2 is 2.04 bits per heavy atom. The van der Waals surface area contributed by atoms with E-state index in [4.69, 9.17) is 10.5 Å². The molecular formula is C17H22N2O4S. The van der Waals surface area contributed by atoms with Gasteiger partial charge in [-0.15, -0.1) is 11.3 Å². The van der Waals surface area contributed by atoms with Crippen LogP contribution in [0.2, 0.25) is 0 Å². The maximum atomic E-state index is 12.3. The highest BCUT2D eigenvalue weighted by Gasteiger charge is 2.28. The number of esters is 1. The largest absolute Gasteiger partial charge is 0.452 e. The molecule has 1 aliphatic heterocycles. The lowest BCUT2D eigenvalue weighted by molar-refractivity contribution is -0.137. The van der Waals surface area contributed by atoms with Crippen molar-refractivity contribution in [2.75, 3.05) is 19.7 Å². The van der Waals surface area contributed by atoms with Crippen LogP contribution in [0.1, 0.15) is 46.5 Å². The molecular weight excluding hydrogens is 328 g/mol. The highest BCUT2D eigenvalue weighted by Crippen LogP contribution is 2.30. The average Bonchev–Trinajstić information content (AvgIpc) is 3.03. The lowest BCUT2D eigenvalue weighted by Gasteiger charge is -2.31. The van der Waals surface area contributed by atoms with Crippen LogP contribution in [-0.2, 0) is 27.2 Å². The van der Waals surface area contributed by atoms with Gasteiger partial charge in [-0.25, -0.2) is 4.79 Å². The molecule has 24 heavy (non-hydrogen) atoms. The van der Waals surface area contributed by atoms with Gasteiger partial charge >= 0.3 is 5.97 Å². The number of rotatable bonds is 4. The second-order valence-electron chi connectivity index (χ2n) is 6.42. The Morgan fingerprint density at radius 1 is 1.25 bits per heavy atom. The van der Waals surface area contributed by atoms with Crippen molar-refractivity contribution in [1.29, 1.82) is 0 Å². The van der Waals surface area contributed by atoms with Crippen molar-refractivity contribution in [1.82, 2.24) is 4.90 Å². The summed E-state index contributed by atoms with van der Waals surface area (Å²) in [5.74, 6) is -1.37. The molecule has 2 aliphatic rings. The lowest BCUT2D eigenvalue weighted by atomic mass is 9.96. The maximum absolute atomic E-state index is 12.3. The van der Waals surface area contributed by atoms with Crippen LogP contribution in [0.4, 0.5) is 0 Å². The smallest absolute Gasteiger partial charge is 0.339 e. The van der Waals surface area contributed by atoms with Gasteiger partial charge in [-0.05, 0) is 44.1 Å². The highest BCUT2D eigenvalue weighted by atomic mass is 32.1. The van der Waals surface area contributed by atoms with Crippen molar-refractivity contribution in [2.24, 2.45) is 11.7 Å². The van der Waals surface area contributed by atoms with Crippen molar-refractivity contribution in [3.05, 3.63) is 21.4 Å². The van der Waals surface area contributed by atoms with Crippen molar-refractivity contribution in [3.63, 3.8) is 0 Å². The molecule has 1 aliphatic carbocycles. The number of nitrogens with two attached hydrogens (primary N) is 1. The number of carbonyl (C=O) groups is 3. The van der Waals surface area contributed by atoms with Gasteiger partial charge in [0.1, 0.15) is 0 Å². The first-order valence-electron chi connectivity index (χ1n) is 8.39. The van der Waals surface area contributed by atoms with Crippen molar-refractivity contribution < 1.29 is 19.1 Å². The quantitative estimate of drug-likeness (QED) is 0.834. The Morgan fingerprint density at radius 3 is 2.83 bits per heavy atom. The summed E-state index contributed by atoms with van der Waals surface area (Å²) in [6, 6.07) is 0. The summed E-state index contributed by atoms with van der Waals surface area (Å²) >= 11 is 1.60. The maximum Gasteiger partial charge on any atom is 0.339 e. The van der Waals surface area contributed by atoms with Gasteiger partial charge in [-0.1, -0.05) is 0 Å². The summed E-state index contributed by atoms with van der Waals surface area (Å²) in [6.07, 6.45) is 5.63.